The van der Waals surface area contributed by atoms with E-state index >= 15 is 0 Å². The van der Waals surface area contributed by atoms with Gasteiger partial charge in [-0.1, -0.05) is 0 Å². The lowest BCUT2D eigenvalue weighted by Gasteiger charge is -2.15. The van der Waals surface area contributed by atoms with Crippen molar-refractivity contribution in [1.29, 1.82) is 0 Å². The van der Waals surface area contributed by atoms with E-state index in [1.54, 1.807) is 12.1 Å². The van der Waals surface area contributed by atoms with Gasteiger partial charge in [-0.05, 0) is 57.2 Å². The standard InChI is InChI=1S/C25H32N2O10/c1-17(5-4-12-28)37-23(32)16-21(30)27-11-10-26-20(29)15-22(31)36-14-13-35-19-8-6-18(7-9-19)24(33)25(2,3)34/h4-9,12,17,34H,10-11,13-16H2,1-3H3,(H,26,29)(H,27,30)/b5-4+. The number of hydrogen-bond donors (Lipinski definition) is 3. The number of aldehydes is 1. The summed E-state index contributed by atoms with van der Waals surface area (Å²) < 4.78 is 15.2. The number of Topliss-reactive ketones (excluding diaryl/α,β-unsaturated/α-hetero) is 1. The third kappa shape index (κ3) is 13.6. The van der Waals surface area contributed by atoms with Crippen LogP contribution in [0.25, 0.3) is 0 Å². The minimum Gasteiger partial charge on any atom is -0.490 e. The number of ether oxygens (including phenoxy) is 3. The second-order valence-electron chi connectivity index (χ2n) is 8.25. The van der Waals surface area contributed by atoms with Gasteiger partial charge >= 0.3 is 11.9 Å². The molecule has 0 aliphatic rings. The first-order valence-corrected chi connectivity index (χ1v) is 11.4. The lowest BCUT2D eigenvalue weighted by atomic mass is 9.97. The Hall–Kier alpha value is -4.06. The van der Waals surface area contributed by atoms with Crippen molar-refractivity contribution in [3.63, 3.8) is 0 Å². The lowest BCUT2D eigenvalue weighted by Crippen LogP contribution is -2.36. The van der Waals surface area contributed by atoms with E-state index in [-0.39, 0.29) is 26.3 Å². The molecule has 0 aliphatic heterocycles. The van der Waals surface area contributed by atoms with Crippen molar-refractivity contribution >= 4 is 35.8 Å². The van der Waals surface area contributed by atoms with Crippen LogP contribution in [0, 0.1) is 0 Å². The molecule has 202 valence electrons. The van der Waals surface area contributed by atoms with Crippen LogP contribution in [0.5, 0.6) is 5.75 Å². The first-order chi connectivity index (χ1) is 17.4. The Morgan fingerprint density at radius 1 is 0.946 bits per heavy atom. The number of benzene rings is 1. The maximum Gasteiger partial charge on any atom is 0.315 e. The summed E-state index contributed by atoms with van der Waals surface area (Å²) in [6.07, 6.45) is 1.37. The molecule has 0 aromatic heterocycles. The van der Waals surface area contributed by atoms with Gasteiger partial charge in [-0.3, -0.25) is 28.8 Å². The molecule has 37 heavy (non-hydrogen) atoms. The van der Waals surface area contributed by atoms with Crippen LogP contribution in [-0.2, 0) is 33.4 Å². The van der Waals surface area contributed by atoms with Crippen LogP contribution in [-0.4, -0.2) is 78.9 Å². The van der Waals surface area contributed by atoms with Gasteiger partial charge < -0.3 is 30.0 Å². The van der Waals surface area contributed by atoms with Gasteiger partial charge in [0.05, 0.1) is 0 Å². The minimum absolute atomic E-state index is 0.0206. The maximum absolute atomic E-state index is 12.0. The lowest BCUT2D eigenvalue weighted by molar-refractivity contribution is -0.149. The zero-order valence-corrected chi connectivity index (χ0v) is 21.0. The summed E-state index contributed by atoms with van der Waals surface area (Å²) in [5.74, 6) is -2.75. The number of carbonyl (C=O) groups excluding carboxylic acids is 6. The summed E-state index contributed by atoms with van der Waals surface area (Å²) in [5.41, 5.74) is -1.16. The van der Waals surface area contributed by atoms with Crippen molar-refractivity contribution in [1.82, 2.24) is 10.6 Å². The molecule has 0 bridgehead atoms. The zero-order chi connectivity index (χ0) is 27.8. The molecular weight excluding hydrogens is 488 g/mol. The van der Waals surface area contributed by atoms with Gasteiger partial charge in [0.25, 0.3) is 0 Å². The topological polar surface area (TPSA) is 174 Å². The zero-order valence-electron chi connectivity index (χ0n) is 21.0. The van der Waals surface area contributed by atoms with Crippen LogP contribution < -0.4 is 15.4 Å². The number of aliphatic hydroxyl groups is 1. The highest BCUT2D eigenvalue weighted by Gasteiger charge is 2.25. The molecule has 0 spiro atoms. The SMILES string of the molecule is CC(/C=C/C=O)OC(=O)CC(=O)NCCNC(=O)CC(=O)OCCOc1ccc(C(=O)C(C)(C)O)cc1. The molecule has 3 N–H and O–H groups in total. The van der Waals surface area contributed by atoms with Crippen molar-refractivity contribution in [3.8, 4) is 5.75 Å². The Morgan fingerprint density at radius 3 is 2.05 bits per heavy atom. The number of amides is 2. The van der Waals surface area contributed by atoms with Gasteiger partial charge in [-0.2, -0.15) is 0 Å². The second kappa shape index (κ2) is 15.8. The van der Waals surface area contributed by atoms with Gasteiger partial charge in [0, 0.05) is 18.7 Å². The monoisotopic (exact) mass is 520 g/mol. The van der Waals surface area contributed by atoms with Crippen LogP contribution in [0.4, 0.5) is 0 Å². The van der Waals surface area contributed by atoms with Crippen LogP contribution in [0.15, 0.2) is 36.4 Å². The summed E-state index contributed by atoms with van der Waals surface area (Å²) >= 11 is 0. The van der Waals surface area contributed by atoms with Crippen molar-refractivity contribution in [2.45, 2.75) is 45.3 Å². The van der Waals surface area contributed by atoms with E-state index < -0.39 is 54.1 Å². The minimum atomic E-state index is -1.48. The molecule has 0 aliphatic carbocycles. The number of hydrogen-bond acceptors (Lipinski definition) is 10. The highest BCUT2D eigenvalue weighted by Crippen LogP contribution is 2.17. The van der Waals surface area contributed by atoms with E-state index in [0.717, 1.165) is 0 Å². The quantitative estimate of drug-likeness (QED) is 0.0685. The first-order valence-electron chi connectivity index (χ1n) is 11.4. The van der Waals surface area contributed by atoms with E-state index in [0.29, 0.717) is 17.6 Å². The van der Waals surface area contributed by atoms with Crippen LogP contribution in [0.2, 0.25) is 0 Å². The van der Waals surface area contributed by atoms with Gasteiger partial charge in [0.2, 0.25) is 11.8 Å². The van der Waals surface area contributed by atoms with Crippen molar-refractivity contribution in [2.75, 3.05) is 26.3 Å². The molecule has 2 amide bonds. The predicted molar refractivity (Wildman–Crippen MR) is 130 cm³/mol. The Balaban J connectivity index is 2.17. The molecule has 1 unspecified atom stereocenters. The fourth-order valence-electron chi connectivity index (χ4n) is 2.70. The highest BCUT2D eigenvalue weighted by atomic mass is 16.6. The van der Waals surface area contributed by atoms with Gasteiger partial charge in [-0.15, -0.1) is 0 Å². The number of nitrogens with one attached hydrogen (secondary N) is 2. The normalized spacial score (nSPS) is 11.8. The van der Waals surface area contributed by atoms with E-state index in [1.165, 1.54) is 45.1 Å². The van der Waals surface area contributed by atoms with E-state index in [9.17, 15) is 33.9 Å². The van der Waals surface area contributed by atoms with Gasteiger partial charge in [0.1, 0.15) is 49.8 Å². The Kier molecular flexibility index (Phi) is 13.3. The van der Waals surface area contributed by atoms with Crippen LogP contribution in [0.1, 0.15) is 44.0 Å². The van der Waals surface area contributed by atoms with Crippen LogP contribution >= 0.6 is 0 Å². The maximum atomic E-state index is 12.0. The smallest absolute Gasteiger partial charge is 0.315 e. The predicted octanol–water partition coefficient (Wildman–Crippen LogP) is 0.262. The Labute approximate surface area is 214 Å². The third-order valence-corrected chi connectivity index (χ3v) is 4.44. The van der Waals surface area contributed by atoms with Crippen molar-refractivity contribution < 1.29 is 48.1 Å². The number of ketones is 1. The molecule has 1 rings (SSSR count). The average Bonchev–Trinajstić information content (AvgIpc) is 2.82. The number of carbonyl (C=O) groups is 6. The highest BCUT2D eigenvalue weighted by molar-refractivity contribution is 6.01. The number of allylic oxidation sites excluding steroid dienone is 1. The average molecular weight is 521 g/mol. The third-order valence-electron chi connectivity index (χ3n) is 4.44. The molecule has 0 heterocycles. The molecule has 1 aromatic rings. The van der Waals surface area contributed by atoms with Gasteiger partial charge in [-0.25, -0.2) is 0 Å². The van der Waals surface area contributed by atoms with Gasteiger partial charge in [0.15, 0.2) is 5.78 Å². The summed E-state index contributed by atoms with van der Waals surface area (Å²) in [6, 6.07) is 6.11. The molecule has 0 fully saturated rings. The largest absolute Gasteiger partial charge is 0.490 e. The summed E-state index contributed by atoms with van der Waals surface area (Å²) in [5, 5.41) is 14.6. The molecule has 12 nitrogen and oxygen atoms in total. The summed E-state index contributed by atoms with van der Waals surface area (Å²) in [4.78, 5) is 69.0. The Morgan fingerprint density at radius 2 is 1.51 bits per heavy atom. The molecular formula is C25H32N2O10. The number of esters is 2. The molecule has 1 aromatic carbocycles. The molecule has 0 radical (unpaired) electrons. The fraction of sp³-hybridized carbons (Fsp3) is 0.440. The van der Waals surface area contributed by atoms with Crippen molar-refractivity contribution in [2.24, 2.45) is 0 Å². The molecule has 0 saturated heterocycles. The molecule has 0 saturated carbocycles. The molecule has 12 heteroatoms. The second-order valence-corrected chi connectivity index (χ2v) is 8.25. The van der Waals surface area contributed by atoms with Crippen LogP contribution in [0.3, 0.4) is 0 Å². The van der Waals surface area contributed by atoms with E-state index in [4.69, 9.17) is 14.2 Å². The Bertz CT molecular complexity index is 980. The summed E-state index contributed by atoms with van der Waals surface area (Å²) in [6.45, 7) is 4.30. The molecule has 1 atom stereocenters. The first kappa shape index (κ1) is 31.0. The van der Waals surface area contributed by atoms with E-state index in [1.807, 2.05) is 0 Å². The number of rotatable bonds is 16. The summed E-state index contributed by atoms with van der Waals surface area (Å²) in [7, 11) is 0. The fourth-order valence-corrected chi connectivity index (χ4v) is 2.70. The van der Waals surface area contributed by atoms with E-state index in [2.05, 4.69) is 10.6 Å². The van der Waals surface area contributed by atoms with Crippen molar-refractivity contribution in [3.05, 3.63) is 42.0 Å².